The fraction of sp³-hybridized carbons (Fsp3) is 0.471. The molecular weight excluding hydrogens is 314 g/mol. The van der Waals surface area contributed by atoms with Crippen molar-refractivity contribution in [1.29, 1.82) is 0 Å². The van der Waals surface area contributed by atoms with Gasteiger partial charge in [-0.2, -0.15) is 0 Å². The van der Waals surface area contributed by atoms with E-state index in [0.29, 0.717) is 11.3 Å². The van der Waals surface area contributed by atoms with E-state index >= 15 is 0 Å². The van der Waals surface area contributed by atoms with Gasteiger partial charge in [0.2, 0.25) is 0 Å². The zero-order valence-corrected chi connectivity index (χ0v) is 14.3. The first-order chi connectivity index (χ1) is 11.4. The summed E-state index contributed by atoms with van der Waals surface area (Å²) in [6.07, 6.45) is -0.714. The first-order valence-electron chi connectivity index (χ1n) is 7.68. The maximum Gasteiger partial charge on any atom is 0.407 e. The molecule has 7 heteroatoms. The van der Waals surface area contributed by atoms with E-state index in [1.165, 1.54) is 14.0 Å². The predicted octanol–water partition coefficient (Wildman–Crippen LogP) is 2.25. The second-order valence-electron chi connectivity index (χ2n) is 4.96. The largest absolute Gasteiger partial charge is 0.497 e. The molecule has 0 saturated heterocycles. The van der Waals surface area contributed by atoms with Crippen molar-refractivity contribution in [2.45, 2.75) is 26.8 Å². The van der Waals surface area contributed by atoms with Crippen molar-refractivity contribution in [3.63, 3.8) is 0 Å². The number of ketones is 1. The van der Waals surface area contributed by atoms with Crippen molar-refractivity contribution in [3.05, 3.63) is 29.8 Å². The van der Waals surface area contributed by atoms with Crippen molar-refractivity contribution in [2.24, 2.45) is 5.92 Å². The van der Waals surface area contributed by atoms with E-state index in [-0.39, 0.29) is 13.2 Å². The van der Waals surface area contributed by atoms with Gasteiger partial charge in [0.1, 0.15) is 17.5 Å². The lowest BCUT2D eigenvalue weighted by atomic mass is 9.90. The zero-order chi connectivity index (χ0) is 18.1. The lowest BCUT2D eigenvalue weighted by Gasteiger charge is -2.25. The van der Waals surface area contributed by atoms with Gasteiger partial charge in [0.05, 0.1) is 26.4 Å². The maximum atomic E-state index is 12.2. The molecule has 0 radical (unpaired) electrons. The molecule has 0 aliphatic carbocycles. The summed E-state index contributed by atoms with van der Waals surface area (Å²) in [7, 11) is 1.53. The highest BCUT2D eigenvalue weighted by molar-refractivity contribution is 5.99. The van der Waals surface area contributed by atoms with Gasteiger partial charge in [-0.3, -0.25) is 9.59 Å². The van der Waals surface area contributed by atoms with Gasteiger partial charge in [-0.1, -0.05) is 12.1 Å². The highest BCUT2D eigenvalue weighted by Crippen LogP contribution is 2.26. The molecule has 0 aromatic heterocycles. The Hall–Kier alpha value is -2.57. The van der Waals surface area contributed by atoms with Gasteiger partial charge in [-0.05, 0) is 38.5 Å². The number of alkyl carbamates (subject to hydrolysis) is 1. The highest BCUT2D eigenvalue weighted by Gasteiger charge is 2.36. The molecule has 2 atom stereocenters. The van der Waals surface area contributed by atoms with Crippen LogP contribution in [-0.2, 0) is 19.1 Å². The van der Waals surface area contributed by atoms with Gasteiger partial charge in [-0.15, -0.1) is 0 Å². The molecule has 1 aromatic carbocycles. The van der Waals surface area contributed by atoms with Crippen LogP contribution in [0.4, 0.5) is 4.79 Å². The second-order valence-corrected chi connectivity index (χ2v) is 4.96. The molecule has 1 rings (SSSR count). The molecule has 0 saturated carbocycles. The number of carbonyl (C=O) groups excluding carboxylic acids is 3. The molecule has 132 valence electrons. The quantitative estimate of drug-likeness (QED) is 0.578. The molecule has 1 aromatic rings. The number of Topliss-reactive ketones (excluding diaryl/α,β-unsaturated/α-hetero) is 1. The number of esters is 1. The summed E-state index contributed by atoms with van der Waals surface area (Å²) in [4.78, 5) is 36.1. The minimum Gasteiger partial charge on any atom is -0.497 e. The van der Waals surface area contributed by atoms with Crippen LogP contribution in [0.5, 0.6) is 5.75 Å². The van der Waals surface area contributed by atoms with Crippen LogP contribution in [0.2, 0.25) is 0 Å². The maximum absolute atomic E-state index is 12.2. The summed E-state index contributed by atoms with van der Waals surface area (Å²) in [6.45, 7) is 4.90. The summed E-state index contributed by atoms with van der Waals surface area (Å²) >= 11 is 0. The van der Waals surface area contributed by atoms with Crippen molar-refractivity contribution in [1.82, 2.24) is 5.32 Å². The summed E-state index contributed by atoms with van der Waals surface area (Å²) < 4.78 is 14.9. The third-order valence-electron chi connectivity index (χ3n) is 3.34. The van der Waals surface area contributed by atoms with Crippen LogP contribution in [0.3, 0.4) is 0 Å². The fourth-order valence-corrected chi connectivity index (χ4v) is 2.24. The van der Waals surface area contributed by atoms with Crippen LogP contribution in [-0.4, -0.2) is 38.2 Å². The van der Waals surface area contributed by atoms with Crippen LogP contribution < -0.4 is 10.1 Å². The Kier molecular flexibility index (Phi) is 7.74. The lowest BCUT2D eigenvalue weighted by molar-refractivity contribution is -0.152. The summed E-state index contributed by atoms with van der Waals surface area (Å²) in [5.41, 5.74) is 0.567. The van der Waals surface area contributed by atoms with Crippen molar-refractivity contribution in [3.8, 4) is 5.75 Å². The number of methoxy groups -OCH3 is 1. The van der Waals surface area contributed by atoms with Crippen LogP contribution in [0.1, 0.15) is 32.4 Å². The molecule has 0 fully saturated rings. The minimum atomic E-state index is -1.16. The standard InChI is InChI=1S/C17H23NO6/c1-5-23-16(20)14(11(3)19)15(18-17(21)24-6-2)12-7-9-13(22-4)10-8-12/h7-10,14-15H,5-6H2,1-4H3,(H,18,21). The topological polar surface area (TPSA) is 90.9 Å². The summed E-state index contributed by atoms with van der Waals surface area (Å²) in [5.74, 6) is -1.65. The van der Waals surface area contributed by atoms with Gasteiger partial charge in [-0.25, -0.2) is 4.79 Å². The van der Waals surface area contributed by atoms with E-state index in [0.717, 1.165) is 0 Å². The monoisotopic (exact) mass is 337 g/mol. The third kappa shape index (κ3) is 5.26. The minimum absolute atomic E-state index is 0.136. The zero-order valence-electron chi connectivity index (χ0n) is 14.3. The first-order valence-corrected chi connectivity index (χ1v) is 7.68. The Labute approximate surface area is 141 Å². The van der Waals surface area contributed by atoms with Gasteiger partial charge in [0.25, 0.3) is 0 Å². The number of hydrogen-bond acceptors (Lipinski definition) is 6. The Morgan fingerprint density at radius 2 is 1.62 bits per heavy atom. The van der Waals surface area contributed by atoms with Gasteiger partial charge in [0, 0.05) is 0 Å². The molecule has 1 N–H and O–H groups in total. The highest BCUT2D eigenvalue weighted by atomic mass is 16.5. The van der Waals surface area contributed by atoms with Crippen molar-refractivity contribution >= 4 is 17.8 Å². The number of benzene rings is 1. The molecule has 0 bridgehead atoms. The Bertz CT molecular complexity index is 569. The molecular formula is C17H23NO6. The number of amides is 1. The van der Waals surface area contributed by atoms with Gasteiger partial charge < -0.3 is 19.5 Å². The number of hydrogen-bond donors (Lipinski definition) is 1. The van der Waals surface area contributed by atoms with Crippen molar-refractivity contribution < 1.29 is 28.6 Å². The van der Waals surface area contributed by atoms with E-state index in [1.807, 2.05) is 0 Å². The summed E-state index contributed by atoms with van der Waals surface area (Å²) in [6, 6.07) is 5.80. The Balaban J connectivity index is 3.20. The molecule has 7 nitrogen and oxygen atoms in total. The third-order valence-corrected chi connectivity index (χ3v) is 3.34. The van der Waals surface area contributed by atoms with Gasteiger partial charge in [0.15, 0.2) is 0 Å². The first kappa shape index (κ1) is 19.5. The fourth-order valence-electron chi connectivity index (χ4n) is 2.24. The normalized spacial score (nSPS) is 12.7. The van der Waals surface area contributed by atoms with Crippen LogP contribution in [0, 0.1) is 5.92 Å². The van der Waals surface area contributed by atoms with Crippen LogP contribution >= 0.6 is 0 Å². The van der Waals surface area contributed by atoms with Crippen molar-refractivity contribution in [2.75, 3.05) is 20.3 Å². The SMILES string of the molecule is CCOC(=O)NC(c1ccc(OC)cc1)C(C(C)=O)C(=O)OCC. The average Bonchev–Trinajstić information content (AvgIpc) is 2.54. The predicted molar refractivity (Wildman–Crippen MR) is 86.7 cm³/mol. The number of carbonyl (C=O) groups is 3. The smallest absolute Gasteiger partial charge is 0.407 e. The number of nitrogens with one attached hydrogen (secondary N) is 1. The lowest BCUT2D eigenvalue weighted by Crippen LogP contribution is -2.41. The number of ether oxygens (including phenoxy) is 3. The molecule has 0 heterocycles. The van der Waals surface area contributed by atoms with E-state index in [1.54, 1.807) is 38.1 Å². The number of rotatable bonds is 8. The van der Waals surface area contributed by atoms with Gasteiger partial charge >= 0.3 is 12.1 Å². The summed E-state index contributed by atoms with van der Waals surface area (Å²) in [5, 5.41) is 2.57. The Morgan fingerprint density at radius 1 is 1.04 bits per heavy atom. The van der Waals surface area contributed by atoms with E-state index in [2.05, 4.69) is 5.32 Å². The van der Waals surface area contributed by atoms with E-state index in [4.69, 9.17) is 14.2 Å². The van der Waals surface area contributed by atoms with E-state index < -0.39 is 29.8 Å². The Morgan fingerprint density at radius 3 is 2.08 bits per heavy atom. The molecule has 0 aliphatic heterocycles. The molecule has 2 unspecified atom stereocenters. The molecule has 1 amide bonds. The molecule has 0 spiro atoms. The van der Waals surface area contributed by atoms with Crippen LogP contribution in [0.15, 0.2) is 24.3 Å². The second kappa shape index (κ2) is 9.54. The van der Waals surface area contributed by atoms with E-state index in [9.17, 15) is 14.4 Å². The van der Waals surface area contributed by atoms with Crippen LogP contribution in [0.25, 0.3) is 0 Å². The molecule has 0 aliphatic rings. The average molecular weight is 337 g/mol. The molecule has 24 heavy (non-hydrogen) atoms.